The lowest BCUT2D eigenvalue weighted by Gasteiger charge is -2.17. The zero-order valence-corrected chi connectivity index (χ0v) is 19.7. The van der Waals surface area contributed by atoms with Gasteiger partial charge in [0.15, 0.2) is 0 Å². The van der Waals surface area contributed by atoms with E-state index in [1.807, 2.05) is 0 Å². The van der Waals surface area contributed by atoms with Crippen LogP contribution in [-0.4, -0.2) is 22.2 Å². The van der Waals surface area contributed by atoms with E-state index in [0.29, 0.717) is 0 Å². The first-order valence-electron chi connectivity index (χ1n) is 12.3. The Bertz CT molecular complexity index is 815. The molecular formula is C27H40O4. The highest BCUT2D eigenvalue weighted by atomic mass is 16.4. The van der Waals surface area contributed by atoms with Crippen LogP contribution in [0.2, 0.25) is 0 Å². The Balaban J connectivity index is 1.44. The minimum atomic E-state index is -0.604. The SMILES string of the molecule is Cc1c(CCCCCCC2(C(=O)O)CC2)cc(CCCCC2(C(=O)O)CC2)c(C)c1C. The van der Waals surface area contributed by atoms with Gasteiger partial charge in [0, 0.05) is 0 Å². The second kappa shape index (κ2) is 9.75. The molecule has 0 bridgehead atoms. The standard InChI is InChI=1S/C27H40O4/c1-19-20(2)22(10-6-4-5-8-12-26(14-15-26)24(28)29)18-23(21(19)3)11-7-9-13-27(16-17-27)25(30)31/h18H,4-17H2,1-3H3,(H,28,29)(H,30,31). The maximum Gasteiger partial charge on any atom is 0.309 e. The fourth-order valence-electron chi connectivity index (χ4n) is 5.06. The summed E-state index contributed by atoms with van der Waals surface area (Å²) in [6, 6.07) is 2.39. The third-order valence-corrected chi connectivity index (χ3v) is 8.25. The highest BCUT2D eigenvalue weighted by Gasteiger charge is 2.49. The van der Waals surface area contributed by atoms with Crippen LogP contribution in [0.4, 0.5) is 0 Å². The van der Waals surface area contributed by atoms with Crippen molar-refractivity contribution in [1.82, 2.24) is 0 Å². The molecule has 0 unspecified atom stereocenters. The predicted octanol–water partition coefficient (Wildman–Crippen LogP) is 6.55. The molecule has 2 aliphatic carbocycles. The maximum atomic E-state index is 11.4. The number of rotatable bonds is 14. The molecule has 0 saturated heterocycles. The highest BCUT2D eigenvalue weighted by Crippen LogP contribution is 2.50. The fraction of sp³-hybridized carbons (Fsp3) is 0.704. The van der Waals surface area contributed by atoms with Crippen LogP contribution < -0.4 is 0 Å². The van der Waals surface area contributed by atoms with E-state index in [-0.39, 0.29) is 5.41 Å². The van der Waals surface area contributed by atoms with Gasteiger partial charge >= 0.3 is 11.9 Å². The predicted molar refractivity (Wildman–Crippen MR) is 124 cm³/mol. The summed E-state index contributed by atoms with van der Waals surface area (Å²) in [6.07, 6.45) is 13.7. The molecule has 0 atom stereocenters. The summed E-state index contributed by atoms with van der Waals surface area (Å²) in [5.74, 6) is -1.20. The molecule has 31 heavy (non-hydrogen) atoms. The van der Waals surface area contributed by atoms with Gasteiger partial charge in [-0.1, -0.05) is 31.7 Å². The maximum absolute atomic E-state index is 11.4. The second-order valence-corrected chi connectivity index (χ2v) is 10.4. The second-order valence-electron chi connectivity index (χ2n) is 10.4. The van der Waals surface area contributed by atoms with E-state index in [0.717, 1.165) is 89.9 Å². The van der Waals surface area contributed by atoms with Gasteiger partial charge in [-0.15, -0.1) is 0 Å². The topological polar surface area (TPSA) is 74.6 Å². The van der Waals surface area contributed by atoms with Gasteiger partial charge in [-0.2, -0.15) is 0 Å². The minimum Gasteiger partial charge on any atom is -0.481 e. The molecular weight excluding hydrogens is 388 g/mol. The Kier molecular flexibility index (Phi) is 7.49. The summed E-state index contributed by atoms with van der Waals surface area (Å²) < 4.78 is 0. The number of carboxylic acids is 2. The zero-order chi connectivity index (χ0) is 22.6. The molecule has 0 amide bonds. The van der Waals surface area contributed by atoms with Crippen molar-refractivity contribution in [3.63, 3.8) is 0 Å². The Morgan fingerprint density at radius 3 is 1.48 bits per heavy atom. The monoisotopic (exact) mass is 428 g/mol. The van der Waals surface area contributed by atoms with E-state index in [1.165, 1.54) is 27.8 Å². The highest BCUT2D eigenvalue weighted by molar-refractivity contribution is 5.78. The Morgan fingerprint density at radius 2 is 1.06 bits per heavy atom. The van der Waals surface area contributed by atoms with Crippen LogP contribution >= 0.6 is 0 Å². The van der Waals surface area contributed by atoms with E-state index >= 15 is 0 Å². The summed E-state index contributed by atoms with van der Waals surface area (Å²) in [6.45, 7) is 6.67. The number of carboxylic acid groups (broad SMARTS) is 2. The summed E-state index contributed by atoms with van der Waals surface area (Å²) >= 11 is 0. The molecule has 2 aliphatic rings. The van der Waals surface area contributed by atoms with Crippen LogP contribution in [0, 0.1) is 31.6 Å². The van der Waals surface area contributed by atoms with Crippen molar-refractivity contribution in [2.24, 2.45) is 10.8 Å². The van der Waals surface area contributed by atoms with Crippen molar-refractivity contribution in [3.8, 4) is 0 Å². The Morgan fingerprint density at radius 1 is 0.677 bits per heavy atom. The number of unbranched alkanes of at least 4 members (excludes halogenated alkanes) is 4. The molecule has 1 aromatic rings. The van der Waals surface area contributed by atoms with E-state index < -0.39 is 17.4 Å². The van der Waals surface area contributed by atoms with E-state index in [2.05, 4.69) is 26.8 Å². The van der Waals surface area contributed by atoms with Crippen LogP contribution in [0.3, 0.4) is 0 Å². The lowest BCUT2D eigenvalue weighted by Crippen LogP contribution is -2.14. The zero-order valence-electron chi connectivity index (χ0n) is 19.7. The fourth-order valence-corrected chi connectivity index (χ4v) is 5.06. The van der Waals surface area contributed by atoms with Crippen molar-refractivity contribution in [2.75, 3.05) is 0 Å². The van der Waals surface area contributed by atoms with Crippen molar-refractivity contribution < 1.29 is 19.8 Å². The lowest BCUT2D eigenvalue weighted by molar-refractivity contribution is -0.144. The molecule has 2 fully saturated rings. The van der Waals surface area contributed by atoms with Crippen molar-refractivity contribution >= 4 is 11.9 Å². The van der Waals surface area contributed by atoms with Crippen LogP contribution in [0.1, 0.15) is 105 Å². The molecule has 0 spiro atoms. The minimum absolute atomic E-state index is 0.372. The van der Waals surface area contributed by atoms with Gasteiger partial charge in [-0.25, -0.2) is 0 Å². The van der Waals surface area contributed by atoms with Gasteiger partial charge < -0.3 is 10.2 Å². The molecule has 3 rings (SSSR count). The van der Waals surface area contributed by atoms with Crippen molar-refractivity contribution in [1.29, 1.82) is 0 Å². The van der Waals surface area contributed by atoms with Crippen LogP contribution in [0.5, 0.6) is 0 Å². The summed E-state index contributed by atoms with van der Waals surface area (Å²) in [5, 5.41) is 18.6. The summed E-state index contributed by atoms with van der Waals surface area (Å²) in [5.41, 5.74) is 6.31. The van der Waals surface area contributed by atoms with Gasteiger partial charge in [0.05, 0.1) is 10.8 Å². The van der Waals surface area contributed by atoms with Gasteiger partial charge in [-0.3, -0.25) is 9.59 Å². The van der Waals surface area contributed by atoms with E-state index in [4.69, 9.17) is 0 Å². The van der Waals surface area contributed by atoms with Gasteiger partial charge in [-0.05, 0) is 113 Å². The summed E-state index contributed by atoms with van der Waals surface area (Å²) in [7, 11) is 0. The Hall–Kier alpha value is -1.84. The third kappa shape index (κ3) is 5.70. The smallest absolute Gasteiger partial charge is 0.309 e. The molecule has 1 aromatic carbocycles. The average molecular weight is 429 g/mol. The van der Waals surface area contributed by atoms with Gasteiger partial charge in [0.1, 0.15) is 0 Å². The molecule has 0 heterocycles. The lowest BCUT2D eigenvalue weighted by atomic mass is 9.88. The van der Waals surface area contributed by atoms with Gasteiger partial charge in [0.25, 0.3) is 0 Å². The molecule has 0 aromatic heterocycles. The first kappa shape index (κ1) is 23.8. The normalized spacial score (nSPS) is 18.0. The molecule has 0 radical (unpaired) electrons. The molecule has 172 valence electrons. The molecule has 4 heteroatoms. The van der Waals surface area contributed by atoms with E-state index in [1.54, 1.807) is 0 Å². The number of carbonyl (C=O) groups is 2. The number of hydrogen-bond acceptors (Lipinski definition) is 2. The van der Waals surface area contributed by atoms with Crippen LogP contribution in [0.25, 0.3) is 0 Å². The largest absolute Gasteiger partial charge is 0.481 e. The number of benzene rings is 1. The first-order valence-corrected chi connectivity index (χ1v) is 12.3. The van der Waals surface area contributed by atoms with Crippen LogP contribution in [-0.2, 0) is 22.4 Å². The van der Waals surface area contributed by atoms with Crippen molar-refractivity contribution in [2.45, 2.75) is 111 Å². The molecule has 2 saturated carbocycles. The molecule has 0 aliphatic heterocycles. The first-order chi connectivity index (χ1) is 14.7. The number of aliphatic carboxylic acids is 2. The average Bonchev–Trinajstić information content (AvgIpc) is 3.64. The summed E-state index contributed by atoms with van der Waals surface area (Å²) in [4.78, 5) is 22.6. The van der Waals surface area contributed by atoms with Crippen LogP contribution in [0.15, 0.2) is 6.07 Å². The molecule has 2 N–H and O–H groups in total. The third-order valence-electron chi connectivity index (χ3n) is 8.25. The van der Waals surface area contributed by atoms with Crippen molar-refractivity contribution in [3.05, 3.63) is 33.9 Å². The quantitative estimate of drug-likeness (QED) is 0.330. The van der Waals surface area contributed by atoms with Gasteiger partial charge in [0.2, 0.25) is 0 Å². The number of aryl methyl sites for hydroxylation is 2. The molecule has 4 nitrogen and oxygen atoms in total. The Labute approximate surface area is 187 Å². The van der Waals surface area contributed by atoms with E-state index in [9.17, 15) is 19.8 Å². The number of hydrogen-bond donors (Lipinski definition) is 2.